The summed E-state index contributed by atoms with van der Waals surface area (Å²) in [6.07, 6.45) is 3.34. The summed E-state index contributed by atoms with van der Waals surface area (Å²) in [6.45, 7) is 5.38. The van der Waals surface area contributed by atoms with Gasteiger partial charge in [0.15, 0.2) is 5.82 Å². The second kappa shape index (κ2) is 5.65. The number of nitrogens with zero attached hydrogens (tertiary/aromatic N) is 5. The fraction of sp³-hybridized carbons (Fsp3) is 0.583. The molecule has 0 bridgehead atoms. The average molecular weight is 247 g/mol. The fourth-order valence-corrected chi connectivity index (χ4v) is 2.01. The van der Waals surface area contributed by atoms with Gasteiger partial charge in [0.25, 0.3) is 0 Å². The van der Waals surface area contributed by atoms with Crippen molar-refractivity contribution in [2.24, 2.45) is 0 Å². The number of anilines is 1. The van der Waals surface area contributed by atoms with Gasteiger partial charge in [-0.15, -0.1) is 0 Å². The summed E-state index contributed by atoms with van der Waals surface area (Å²) >= 11 is 0. The van der Waals surface area contributed by atoms with Crippen LogP contribution in [0.25, 0.3) is 0 Å². The van der Waals surface area contributed by atoms with E-state index in [4.69, 9.17) is 10.00 Å². The molecule has 0 saturated carbocycles. The standard InChI is InChI=1S/C12H17N5O/c1-10(7-13)16-3-5-17(6-4-16)11-8-14-9-12(15-11)18-2/h8-10H,3-6H2,1-2H3/t10-/m1/s1. The van der Waals surface area contributed by atoms with Crippen LogP contribution in [-0.2, 0) is 0 Å². The summed E-state index contributed by atoms with van der Waals surface area (Å²) in [5.41, 5.74) is 0. The zero-order valence-corrected chi connectivity index (χ0v) is 10.7. The van der Waals surface area contributed by atoms with Gasteiger partial charge in [-0.05, 0) is 6.92 Å². The third-order valence-corrected chi connectivity index (χ3v) is 3.18. The summed E-state index contributed by atoms with van der Waals surface area (Å²) in [4.78, 5) is 12.8. The predicted octanol–water partition coefficient (Wildman–Crippen LogP) is 0.519. The van der Waals surface area contributed by atoms with Gasteiger partial charge in [0, 0.05) is 26.2 Å². The molecule has 0 N–H and O–H groups in total. The van der Waals surface area contributed by atoms with E-state index in [0.29, 0.717) is 5.88 Å². The van der Waals surface area contributed by atoms with E-state index in [1.54, 1.807) is 19.5 Å². The SMILES string of the molecule is COc1cncc(N2CCN([C@H](C)C#N)CC2)n1. The smallest absolute Gasteiger partial charge is 0.233 e. The van der Waals surface area contributed by atoms with Crippen LogP contribution in [0.4, 0.5) is 5.82 Å². The van der Waals surface area contributed by atoms with Gasteiger partial charge in [0.05, 0.1) is 31.6 Å². The van der Waals surface area contributed by atoms with Gasteiger partial charge < -0.3 is 9.64 Å². The monoisotopic (exact) mass is 247 g/mol. The number of hydrogen-bond donors (Lipinski definition) is 0. The lowest BCUT2D eigenvalue weighted by Gasteiger charge is -2.36. The molecule has 0 aromatic carbocycles. The first kappa shape index (κ1) is 12.6. The fourth-order valence-electron chi connectivity index (χ4n) is 2.01. The zero-order chi connectivity index (χ0) is 13.0. The molecule has 0 spiro atoms. The van der Waals surface area contributed by atoms with Gasteiger partial charge in [0.1, 0.15) is 0 Å². The maximum atomic E-state index is 8.89. The Labute approximate surface area is 107 Å². The minimum absolute atomic E-state index is 0.0245. The lowest BCUT2D eigenvalue weighted by molar-refractivity contribution is 0.231. The Hall–Kier alpha value is -1.87. The molecule has 18 heavy (non-hydrogen) atoms. The molecule has 1 aliphatic rings. The third kappa shape index (κ3) is 2.68. The Balaban J connectivity index is 1.99. The molecule has 1 aromatic heterocycles. The van der Waals surface area contributed by atoms with Crippen LogP contribution in [-0.4, -0.2) is 54.2 Å². The van der Waals surface area contributed by atoms with Gasteiger partial charge in [-0.3, -0.25) is 9.88 Å². The summed E-state index contributed by atoms with van der Waals surface area (Å²) in [6, 6.07) is 2.24. The van der Waals surface area contributed by atoms with Crippen LogP contribution in [0.2, 0.25) is 0 Å². The van der Waals surface area contributed by atoms with E-state index in [9.17, 15) is 0 Å². The van der Waals surface area contributed by atoms with Crippen molar-refractivity contribution in [2.75, 3.05) is 38.2 Å². The van der Waals surface area contributed by atoms with Gasteiger partial charge >= 0.3 is 0 Å². The Morgan fingerprint density at radius 2 is 2.06 bits per heavy atom. The number of aromatic nitrogens is 2. The molecule has 0 radical (unpaired) electrons. The topological polar surface area (TPSA) is 65.3 Å². The van der Waals surface area contributed by atoms with E-state index in [2.05, 4.69) is 25.8 Å². The minimum atomic E-state index is -0.0245. The van der Waals surface area contributed by atoms with Crippen LogP contribution in [0.5, 0.6) is 5.88 Å². The van der Waals surface area contributed by atoms with Crippen molar-refractivity contribution >= 4 is 5.82 Å². The van der Waals surface area contributed by atoms with Crippen molar-refractivity contribution in [3.05, 3.63) is 12.4 Å². The van der Waals surface area contributed by atoms with E-state index in [0.717, 1.165) is 32.0 Å². The van der Waals surface area contributed by atoms with Crippen LogP contribution >= 0.6 is 0 Å². The van der Waals surface area contributed by atoms with Crippen LogP contribution in [0.1, 0.15) is 6.92 Å². The molecule has 1 aliphatic heterocycles. The molecule has 0 aliphatic carbocycles. The second-order valence-corrected chi connectivity index (χ2v) is 4.25. The molecule has 6 nitrogen and oxygen atoms in total. The summed E-state index contributed by atoms with van der Waals surface area (Å²) < 4.78 is 5.07. The predicted molar refractivity (Wildman–Crippen MR) is 67.4 cm³/mol. The molecular formula is C12H17N5O. The first-order valence-electron chi connectivity index (χ1n) is 5.99. The molecular weight excluding hydrogens is 230 g/mol. The number of rotatable bonds is 3. The van der Waals surface area contributed by atoms with E-state index >= 15 is 0 Å². The number of ether oxygens (including phenoxy) is 1. The van der Waals surface area contributed by atoms with Crippen molar-refractivity contribution in [1.82, 2.24) is 14.9 Å². The largest absolute Gasteiger partial charge is 0.480 e. The quantitative estimate of drug-likeness (QED) is 0.776. The van der Waals surface area contributed by atoms with E-state index in [1.807, 2.05) is 6.92 Å². The van der Waals surface area contributed by atoms with Gasteiger partial charge in [0.2, 0.25) is 5.88 Å². The lowest BCUT2D eigenvalue weighted by Crippen LogP contribution is -2.49. The highest BCUT2D eigenvalue weighted by atomic mass is 16.5. The van der Waals surface area contributed by atoms with Gasteiger partial charge in [-0.1, -0.05) is 0 Å². The van der Waals surface area contributed by atoms with Crippen molar-refractivity contribution < 1.29 is 4.74 Å². The molecule has 1 fully saturated rings. The molecule has 96 valence electrons. The minimum Gasteiger partial charge on any atom is -0.480 e. The highest BCUT2D eigenvalue weighted by molar-refractivity contribution is 5.38. The van der Waals surface area contributed by atoms with E-state index in [-0.39, 0.29) is 6.04 Å². The zero-order valence-electron chi connectivity index (χ0n) is 10.7. The second-order valence-electron chi connectivity index (χ2n) is 4.25. The molecule has 1 atom stereocenters. The Morgan fingerprint density at radius 3 is 2.67 bits per heavy atom. The highest BCUT2D eigenvalue weighted by Crippen LogP contribution is 2.16. The highest BCUT2D eigenvalue weighted by Gasteiger charge is 2.21. The van der Waals surface area contributed by atoms with E-state index < -0.39 is 0 Å². The van der Waals surface area contributed by atoms with Crippen LogP contribution in [0, 0.1) is 11.3 Å². The van der Waals surface area contributed by atoms with Crippen molar-refractivity contribution in [1.29, 1.82) is 5.26 Å². The molecule has 1 aromatic rings. The van der Waals surface area contributed by atoms with E-state index in [1.165, 1.54) is 0 Å². The first-order chi connectivity index (χ1) is 8.74. The summed E-state index contributed by atoms with van der Waals surface area (Å²) in [7, 11) is 1.58. The molecule has 2 rings (SSSR count). The maximum Gasteiger partial charge on any atom is 0.233 e. The molecule has 0 unspecified atom stereocenters. The Kier molecular flexibility index (Phi) is 3.95. The molecule has 2 heterocycles. The number of piperazine rings is 1. The number of nitriles is 1. The average Bonchev–Trinajstić information content (AvgIpc) is 2.46. The Morgan fingerprint density at radius 1 is 1.33 bits per heavy atom. The van der Waals surface area contributed by atoms with Crippen LogP contribution in [0.3, 0.4) is 0 Å². The van der Waals surface area contributed by atoms with Crippen molar-refractivity contribution in [3.8, 4) is 11.9 Å². The normalized spacial score (nSPS) is 18.2. The summed E-state index contributed by atoms with van der Waals surface area (Å²) in [5.74, 6) is 1.36. The summed E-state index contributed by atoms with van der Waals surface area (Å²) in [5, 5.41) is 8.89. The molecule has 6 heteroatoms. The van der Waals surface area contributed by atoms with Gasteiger partial charge in [-0.2, -0.15) is 10.2 Å². The first-order valence-corrected chi connectivity index (χ1v) is 5.99. The Bertz CT molecular complexity index is 436. The third-order valence-electron chi connectivity index (χ3n) is 3.18. The van der Waals surface area contributed by atoms with Crippen molar-refractivity contribution in [2.45, 2.75) is 13.0 Å². The van der Waals surface area contributed by atoms with Crippen LogP contribution < -0.4 is 9.64 Å². The molecule has 1 saturated heterocycles. The maximum absolute atomic E-state index is 8.89. The lowest BCUT2D eigenvalue weighted by atomic mass is 10.2. The van der Waals surface area contributed by atoms with Crippen LogP contribution in [0.15, 0.2) is 12.4 Å². The van der Waals surface area contributed by atoms with Crippen molar-refractivity contribution in [3.63, 3.8) is 0 Å². The number of methoxy groups -OCH3 is 1. The molecule has 0 amide bonds. The number of hydrogen-bond acceptors (Lipinski definition) is 6. The van der Waals surface area contributed by atoms with Gasteiger partial charge in [-0.25, -0.2) is 0 Å².